The molecule has 4 heteroatoms. The van der Waals surface area contributed by atoms with Crippen molar-refractivity contribution in [2.75, 3.05) is 13.1 Å². The zero-order valence-electron chi connectivity index (χ0n) is 9.52. The second kappa shape index (κ2) is 4.18. The Labute approximate surface area is 95.7 Å². The lowest BCUT2D eigenvalue weighted by atomic mass is 10.0. The monoisotopic (exact) mass is 221 g/mol. The molecular weight excluding hydrogens is 202 g/mol. The highest BCUT2D eigenvalue weighted by Gasteiger charge is 2.21. The van der Waals surface area contributed by atoms with Gasteiger partial charge in [-0.2, -0.15) is 0 Å². The summed E-state index contributed by atoms with van der Waals surface area (Å²) in [7, 11) is 0. The summed E-state index contributed by atoms with van der Waals surface area (Å²) in [6, 6.07) is 0. The van der Waals surface area contributed by atoms with Gasteiger partial charge in [0, 0.05) is 12.6 Å². The zero-order valence-corrected chi connectivity index (χ0v) is 9.52. The van der Waals surface area contributed by atoms with Crippen LogP contribution in [0.4, 0.5) is 0 Å². The van der Waals surface area contributed by atoms with Crippen molar-refractivity contribution in [3.8, 4) is 0 Å². The molecule has 2 N–H and O–H groups in total. The van der Waals surface area contributed by atoms with E-state index in [1.54, 1.807) is 0 Å². The van der Waals surface area contributed by atoms with Crippen molar-refractivity contribution < 1.29 is 5.11 Å². The maximum absolute atomic E-state index is 9.85. The van der Waals surface area contributed by atoms with Gasteiger partial charge in [-0.1, -0.05) is 0 Å². The van der Waals surface area contributed by atoms with Crippen LogP contribution in [0, 0.1) is 5.92 Å². The molecule has 2 aliphatic heterocycles. The molecule has 3 rings (SSSR count). The summed E-state index contributed by atoms with van der Waals surface area (Å²) in [4.78, 5) is 4.64. The molecule has 1 saturated heterocycles. The highest BCUT2D eigenvalue weighted by Crippen LogP contribution is 2.24. The molecule has 0 amide bonds. The first-order valence-corrected chi connectivity index (χ1v) is 6.28. The van der Waals surface area contributed by atoms with Crippen LogP contribution in [-0.4, -0.2) is 27.7 Å². The van der Waals surface area contributed by atoms with Crippen molar-refractivity contribution in [2.45, 2.75) is 38.3 Å². The third-order valence-corrected chi connectivity index (χ3v) is 3.70. The van der Waals surface area contributed by atoms with Crippen LogP contribution in [0.5, 0.6) is 0 Å². The summed E-state index contributed by atoms with van der Waals surface area (Å²) in [6.45, 7) is 2.26. The first-order chi connectivity index (χ1) is 7.83. The van der Waals surface area contributed by atoms with Crippen LogP contribution in [0.1, 0.15) is 37.0 Å². The number of hydrogen-bond acceptors (Lipinski definition) is 3. The van der Waals surface area contributed by atoms with E-state index in [-0.39, 0.29) is 6.23 Å². The highest BCUT2D eigenvalue weighted by atomic mass is 16.3. The topological polar surface area (TPSA) is 50.1 Å². The summed E-state index contributed by atoms with van der Waals surface area (Å²) in [5.74, 6) is 1.80. The van der Waals surface area contributed by atoms with Gasteiger partial charge in [-0.3, -0.25) is 0 Å². The van der Waals surface area contributed by atoms with Crippen molar-refractivity contribution >= 4 is 0 Å². The second-order valence-corrected chi connectivity index (χ2v) is 4.99. The Morgan fingerprint density at radius 2 is 2.44 bits per heavy atom. The van der Waals surface area contributed by atoms with Gasteiger partial charge in [-0.15, -0.1) is 0 Å². The number of aliphatic hydroxyl groups is 1. The lowest BCUT2D eigenvalue weighted by Gasteiger charge is -2.19. The number of aryl methyl sites for hydroxylation is 1. The molecule has 1 aromatic heterocycles. The van der Waals surface area contributed by atoms with Crippen LogP contribution >= 0.6 is 0 Å². The van der Waals surface area contributed by atoms with Crippen LogP contribution in [-0.2, 0) is 12.8 Å². The van der Waals surface area contributed by atoms with Crippen molar-refractivity contribution in [3.05, 3.63) is 17.7 Å². The molecule has 0 spiro atoms. The number of nitrogens with one attached hydrogen (secondary N) is 1. The SMILES string of the molecule is OC1CCCc2nc(CC3CCNC3)cn21. The fourth-order valence-electron chi connectivity index (χ4n) is 2.80. The summed E-state index contributed by atoms with van der Waals surface area (Å²) in [5, 5.41) is 13.2. The van der Waals surface area contributed by atoms with Crippen molar-refractivity contribution in [2.24, 2.45) is 5.92 Å². The molecule has 0 radical (unpaired) electrons. The largest absolute Gasteiger partial charge is 0.373 e. The third-order valence-electron chi connectivity index (χ3n) is 3.70. The van der Waals surface area contributed by atoms with Gasteiger partial charge in [0.25, 0.3) is 0 Å². The van der Waals surface area contributed by atoms with Gasteiger partial charge >= 0.3 is 0 Å². The zero-order chi connectivity index (χ0) is 11.0. The fraction of sp³-hybridized carbons (Fsp3) is 0.750. The minimum absolute atomic E-state index is 0.341. The third kappa shape index (κ3) is 1.87. The number of aliphatic hydroxyl groups excluding tert-OH is 1. The van der Waals surface area contributed by atoms with E-state index >= 15 is 0 Å². The Morgan fingerprint density at radius 1 is 1.50 bits per heavy atom. The molecule has 2 aliphatic rings. The molecular formula is C12H19N3O. The van der Waals surface area contributed by atoms with Crippen molar-refractivity contribution in [1.29, 1.82) is 0 Å². The van der Waals surface area contributed by atoms with Gasteiger partial charge in [-0.25, -0.2) is 4.98 Å². The van der Waals surface area contributed by atoms with Crippen LogP contribution in [0.25, 0.3) is 0 Å². The number of hydrogen-bond donors (Lipinski definition) is 2. The number of rotatable bonds is 2. The van der Waals surface area contributed by atoms with E-state index in [1.165, 1.54) is 6.42 Å². The molecule has 0 bridgehead atoms. The number of imidazole rings is 1. The fourth-order valence-corrected chi connectivity index (χ4v) is 2.80. The van der Waals surface area contributed by atoms with Crippen LogP contribution in [0.2, 0.25) is 0 Å². The minimum Gasteiger partial charge on any atom is -0.373 e. The molecule has 3 heterocycles. The lowest BCUT2D eigenvalue weighted by Crippen LogP contribution is -2.16. The van der Waals surface area contributed by atoms with E-state index in [9.17, 15) is 5.11 Å². The summed E-state index contributed by atoms with van der Waals surface area (Å²) >= 11 is 0. The molecule has 0 aromatic carbocycles. The Hall–Kier alpha value is -0.870. The maximum atomic E-state index is 9.85. The van der Waals surface area contributed by atoms with Gasteiger partial charge in [0.05, 0.1) is 5.69 Å². The summed E-state index contributed by atoms with van der Waals surface area (Å²) in [6.07, 6.45) is 6.96. The molecule has 0 saturated carbocycles. The van der Waals surface area contributed by atoms with Crippen molar-refractivity contribution in [3.63, 3.8) is 0 Å². The predicted octanol–water partition coefficient (Wildman–Crippen LogP) is 0.862. The molecule has 2 unspecified atom stereocenters. The van der Waals surface area contributed by atoms with Gasteiger partial charge in [0.2, 0.25) is 0 Å². The van der Waals surface area contributed by atoms with E-state index in [0.717, 1.165) is 56.2 Å². The lowest BCUT2D eigenvalue weighted by molar-refractivity contribution is 0.0780. The predicted molar refractivity (Wildman–Crippen MR) is 61.1 cm³/mol. The molecule has 4 nitrogen and oxygen atoms in total. The number of nitrogens with zero attached hydrogens (tertiary/aromatic N) is 2. The van der Waals surface area contributed by atoms with Crippen molar-refractivity contribution in [1.82, 2.24) is 14.9 Å². The standard InChI is InChI=1S/C12H19N3O/c16-12-3-1-2-11-14-10(8-15(11)12)6-9-4-5-13-7-9/h8-9,12-13,16H,1-7H2. The number of fused-ring (bicyclic) bond motifs is 1. The minimum atomic E-state index is -0.341. The first kappa shape index (κ1) is 10.3. The normalized spacial score (nSPS) is 29.3. The summed E-state index contributed by atoms with van der Waals surface area (Å²) in [5.41, 5.74) is 1.16. The quantitative estimate of drug-likeness (QED) is 0.779. The molecule has 16 heavy (non-hydrogen) atoms. The highest BCUT2D eigenvalue weighted by molar-refractivity contribution is 5.08. The number of aromatic nitrogens is 2. The van der Waals surface area contributed by atoms with Gasteiger partial charge in [0.15, 0.2) is 0 Å². The van der Waals surface area contributed by atoms with Gasteiger partial charge in [-0.05, 0) is 44.7 Å². The molecule has 1 fully saturated rings. The van der Waals surface area contributed by atoms with E-state index in [1.807, 2.05) is 4.57 Å². The second-order valence-electron chi connectivity index (χ2n) is 4.99. The van der Waals surface area contributed by atoms with E-state index in [2.05, 4.69) is 16.5 Å². The Balaban J connectivity index is 1.75. The first-order valence-electron chi connectivity index (χ1n) is 6.28. The Bertz CT molecular complexity index is 368. The smallest absolute Gasteiger partial charge is 0.131 e. The van der Waals surface area contributed by atoms with E-state index in [4.69, 9.17) is 0 Å². The van der Waals surface area contributed by atoms with E-state index < -0.39 is 0 Å². The average Bonchev–Trinajstić information content (AvgIpc) is 2.88. The van der Waals surface area contributed by atoms with Gasteiger partial charge < -0.3 is 15.0 Å². The van der Waals surface area contributed by atoms with Gasteiger partial charge in [0.1, 0.15) is 12.1 Å². The Morgan fingerprint density at radius 3 is 3.19 bits per heavy atom. The summed E-state index contributed by atoms with van der Waals surface area (Å²) < 4.78 is 1.96. The molecule has 1 aromatic rings. The maximum Gasteiger partial charge on any atom is 0.131 e. The molecule has 2 atom stereocenters. The Kier molecular flexibility index (Phi) is 2.69. The van der Waals surface area contributed by atoms with E-state index in [0.29, 0.717) is 0 Å². The molecule has 88 valence electrons. The van der Waals surface area contributed by atoms with Crippen LogP contribution in [0.3, 0.4) is 0 Å². The average molecular weight is 221 g/mol. The molecule has 0 aliphatic carbocycles. The van der Waals surface area contributed by atoms with Crippen LogP contribution in [0.15, 0.2) is 6.20 Å². The van der Waals surface area contributed by atoms with Crippen LogP contribution < -0.4 is 5.32 Å².